The molecule has 0 bridgehead atoms. The highest BCUT2D eigenvalue weighted by Gasteiger charge is 2.30. The lowest BCUT2D eigenvalue weighted by atomic mass is 9.81. The van der Waals surface area contributed by atoms with Gasteiger partial charge in [0.2, 0.25) is 10.0 Å². The number of thiophene rings is 1. The second-order valence-corrected chi connectivity index (χ2v) is 7.38. The lowest BCUT2D eigenvalue weighted by Crippen LogP contribution is -2.26. The normalized spacial score (nSPS) is 16.8. The maximum Gasteiger partial charge on any atom is 0.247 e. The lowest BCUT2D eigenvalue weighted by Gasteiger charge is -2.27. The van der Waals surface area contributed by atoms with Crippen molar-refractivity contribution < 1.29 is 13.5 Å². The lowest BCUT2D eigenvalue weighted by molar-refractivity contribution is 0.119. The van der Waals surface area contributed by atoms with Crippen LogP contribution in [0.25, 0.3) is 0 Å². The fourth-order valence-electron chi connectivity index (χ4n) is 2.25. The number of aliphatic hydroxyl groups is 1. The molecule has 6 heteroatoms. The fourth-order valence-corrected chi connectivity index (χ4v) is 4.16. The van der Waals surface area contributed by atoms with E-state index in [1.54, 1.807) is 17.5 Å². The van der Waals surface area contributed by atoms with Crippen molar-refractivity contribution in [3.63, 3.8) is 0 Å². The maximum atomic E-state index is 11.6. The van der Waals surface area contributed by atoms with E-state index in [-0.39, 0.29) is 16.0 Å². The van der Waals surface area contributed by atoms with Crippen molar-refractivity contribution >= 4 is 21.4 Å². The molecule has 0 aliphatic heterocycles. The van der Waals surface area contributed by atoms with Gasteiger partial charge in [-0.05, 0) is 29.3 Å². The third kappa shape index (κ3) is 3.89. The van der Waals surface area contributed by atoms with E-state index in [9.17, 15) is 13.5 Å². The average Bonchev–Trinajstić information content (AvgIpc) is 2.78. The molecule has 3 atom stereocenters. The standard InChI is InChI=1S/C13H21NO3S2/c1-4-6-11(15)12(9(3)5-2)10-7-8-18-13(10)19(14,16)17/h4,7-9,11-12,15H,1,5-6H2,2-3H3,(H2,14,16,17)/t9-,11-,12-/m0/s1. The molecule has 0 unspecified atom stereocenters. The van der Waals surface area contributed by atoms with E-state index in [0.29, 0.717) is 12.0 Å². The first kappa shape index (κ1) is 16.4. The van der Waals surface area contributed by atoms with Gasteiger partial charge < -0.3 is 5.11 Å². The summed E-state index contributed by atoms with van der Waals surface area (Å²) in [6.45, 7) is 7.64. The molecule has 0 radical (unpaired) electrons. The predicted octanol–water partition coefficient (Wildman–Crippen LogP) is 2.46. The molecule has 0 aliphatic rings. The Balaban J connectivity index is 3.26. The Hall–Kier alpha value is -0.690. The Morgan fingerprint density at radius 2 is 2.21 bits per heavy atom. The first-order valence-corrected chi connectivity index (χ1v) is 8.64. The smallest absolute Gasteiger partial charge is 0.247 e. The number of nitrogens with two attached hydrogens (primary N) is 1. The van der Waals surface area contributed by atoms with E-state index in [1.165, 1.54) is 0 Å². The molecular formula is C13H21NO3S2. The van der Waals surface area contributed by atoms with E-state index >= 15 is 0 Å². The predicted molar refractivity (Wildman–Crippen MR) is 78.7 cm³/mol. The second-order valence-electron chi connectivity index (χ2n) is 4.71. The summed E-state index contributed by atoms with van der Waals surface area (Å²) >= 11 is 1.10. The summed E-state index contributed by atoms with van der Waals surface area (Å²) in [5.41, 5.74) is 0.621. The molecule has 0 fully saturated rings. The first-order chi connectivity index (χ1) is 8.82. The highest BCUT2D eigenvalue weighted by Crippen LogP contribution is 2.37. The van der Waals surface area contributed by atoms with Gasteiger partial charge in [-0.3, -0.25) is 0 Å². The Labute approximate surface area is 119 Å². The summed E-state index contributed by atoms with van der Waals surface area (Å²) in [5, 5.41) is 17.2. The molecule has 1 aromatic heterocycles. The quantitative estimate of drug-likeness (QED) is 0.759. The molecule has 0 saturated heterocycles. The van der Waals surface area contributed by atoms with Crippen molar-refractivity contribution in [2.24, 2.45) is 11.1 Å². The fraction of sp³-hybridized carbons (Fsp3) is 0.538. The molecule has 0 aromatic carbocycles. The van der Waals surface area contributed by atoms with Gasteiger partial charge in [-0.1, -0.05) is 26.3 Å². The van der Waals surface area contributed by atoms with E-state index in [1.807, 2.05) is 13.8 Å². The van der Waals surface area contributed by atoms with Crippen molar-refractivity contribution in [1.29, 1.82) is 0 Å². The number of rotatable bonds is 7. The van der Waals surface area contributed by atoms with Crippen molar-refractivity contribution in [3.05, 3.63) is 29.7 Å². The van der Waals surface area contributed by atoms with Crippen LogP contribution in [0.2, 0.25) is 0 Å². The van der Waals surface area contributed by atoms with Crippen LogP contribution in [0.4, 0.5) is 0 Å². The SMILES string of the molecule is C=CC[C@H](O)[C@H](c1ccsc1S(N)(=O)=O)[C@@H](C)CC. The Kier molecular flexibility index (Phi) is 5.73. The van der Waals surface area contributed by atoms with Gasteiger partial charge >= 0.3 is 0 Å². The van der Waals surface area contributed by atoms with Gasteiger partial charge in [0, 0.05) is 5.92 Å². The number of hydrogen-bond acceptors (Lipinski definition) is 4. The van der Waals surface area contributed by atoms with Crippen LogP contribution in [0.3, 0.4) is 0 Å². The molecule has 0 amide bonds. The molecule has 1 heterocycles. The molecule has 0 aliphatic carbocycles. The van der Waals surface area contributed by atoms with Gasteiger partial charge in [0.05, 0.1) is 6.10 Å². The molecule has 3 N–H and O–H groups in total. The minimum Gasteiger partial charge on any atom is -0.392 e. The van der Waals surface area contributed by atoms with Gasteiger partial charge in [-0.2, -0.15) is 0 Å². The van der Waals surface area contributed by atoms with E-state index in [0.717, 1.165) is 17.8 Å². The van der Waals surface area contributed by atoms with Gasteiger partial charge in [0.25, 0.3) is 0 Å². The van der Waals surface area contributed by atoms with Crippen molar-refractivity contribution in [2.75, 3.05) is 0 Å². The van der Waals surface area contributed by atoms with Gasteiger partial charge in [-0.15, -0.1) is 17.9 Å². The van der Waals surface area contributed by atoms with Crippen molar-refractivity contribution in [2.45, 2.75) is 42.9 Å². The van der Waals surface area contributed by atoms with E-state index < -0.39 is 16.1 Å². The molecule has 1 aromatic rings. The maximum absolute atomic E-state index is 11.6. The van der Waals surface area contributed by atoms with Crippen LogP contribution in [0.1, 0.15) is 38.2 Å². The monoisotopic (exact) mass is 303 g/mol. The van der Waals surface area contributed by atoms with E-state index in [4.69, 9.17) is 5.14 Å². The molecule has 0 spiro atoms. The Morgan fingerprint density at radius 3 is 2.68 bits per heavy atom. The summed E-state index contributed by atoms with van der Waals surface area (Å²) in [6, 6.07) is 1.74. The van der Waals surface area contributed by atoms with Gasteiger partial charge in [0.15, 0.2) is 0 Å². The highest BCUT2D eigenvalue weighted by atomic mass is 32.2. The summed E-state index contributed by atoms with van der Waals surface area (Å²) in [4.78, 5) is 0. The third-order valence-corrected chi connectivity index (χ3v) is 5.82. The molecule has 0 saturated carbocycles. The largest absolute Gasteiger partial charge is 0.392 e. The summed E-state index contributed by atoms with van der Waals surface area (Å²) in [6.07, 6.45) is 2.26. The van der Waals surface area contributed by atoms with Crippen LogP contribution >= 0.6 is 11.3 Å². The Morgan fingerprint density at radius 1 is 1.58 bits per heavy atom. The summed E-state index contributed by atoms with van der Waals surface area (Å²) < 4.78 is 23.3. The first-order valence-electron chi connectivity index (χ1n) is 6.22. The zero-order chi connectivity index (χ0) is 14.6. The number of hydrogen-bond donors (Lipinski definition) is 2. The van der Waals surface area contributed by atoms with Gasteiger partial charge in [-0.25, -0.2) is 13.6 Å². The average molecular weight is 303 g/mol. The van der Waals surface area contributed by atoms with Crippen LogP contribution in [0.15, 0.2) is 28.3 Å². The van der Waals surface area contributed by atoms with Crippen LogP contribution in [-0.2, 0) is 10.0 Å². The van der Waals surface area contributed by atoms with Crippen LogP contribution in [0, 0.1) is 5.92 Å². The van der Waals surface area contributed by atoms with Gasteiger partial charge in [0.1, 0.15) is 4.21 Å². The summed E-state index contributed by atoms with van der Waals surface area (Å²) in [7, 11) is -3.74. The number of sulfonamides is 1. The molecule has 108 valence electrons. The van der Waals surface area contributed by atoms with Crippen molar-refractivity contribution in [3.8, 4) is 0 Å². The summed E-state index contributed by atoms with van der Waals surface area (Å²) in [5.74, 6) is -0.0902. The molecular weight excluding hydrogens is 282 g/mol. The van der Waals surface area contributed by atoms with Crippen molar-refractivity contribution in [1.82, 2.24) is 0 Å². The minimum absolute atomic E-state index is 0.154. The highest BCUT2D eigenvalue weighted by molar-refractivity contribution is 7.91. The van der Waals surface area contributed by atoms with E-state index in [2.05, 4.69) is 6.58 Å². The molecule has 4 nitrogen and oxygen atoms in total. The molecule has 19 heavy (non-hydrogen) atoms. The second kappa shape index (κ2) is 6.65. The zero-order valence-electron chi connectivity index (χ0n) is 11.2. The number of aliphatic hydroxyl groups excluding tert-OH is 1. The van der Waals surface area contributed by atoms with Crippen LogP contribution in [0.5, 0.6) is 0 Å². The zero-order valence-corrected chi connectivity index (χ0v) is 12.9. The topological polar surface area (TPSA) is 80.4 Å². The van der Waals surface area contributed by atoms with Crippen LogP contribution < -0.4 is 5.14 Å². The van der Waals surface area contributed by atoms with Crippen LogP contribution in [-0.4, -0.2) is 19.6 Å². The molecule has 1 rings (SSSR count). The third-order valence-electron chi connectivity index (χ3n) is 3.36. The minimum atomic E-state index is -3.74. The number of primary sulfonamides is 1. The Bertz CT molecular complexity index is 522.